The van der Waals surface area contributed by atoms with E-state index in [1.165, 1.54) is 0 Å². The van der Waals surface area contributed by atoms with Crippen LogP contribution in [-0.4, -0.2) is 34.1 Å². The van der Waals surface area contributed by atoms with Gasteiger partial charge in [0.15, 0.2) is 5.82 Å². The van der Waals surface area contributed by atoms with Crippen LogP contribution in [0.5, 0.6) is 0 Å². The van der Waals surface area contributed by atoms with Gasteiger partial charge in [0.25, 0.3) is 0 Å². The highest BCUT2D eigenvalue weighted by atomic mass is 16.3. The Morgan fingerprint density at radius 1 is 1.53 bits per heavy atom. The number of hydrogen-bond donors (Lipinski definition) is 2. The number of β-amino-alcohol motifs (C(OH)–C–C–N with tert-alkyl or cyclic N) is 1. The molecule has 1 fully saturated rings. The van der Waals surface area contributed by atoms with Crippen LogP contribution >= 0.6 is 0 Å². The third-order valence-corrected chi connectivity index (χ3v) is 3.66. The van der Waals surface area contributed by atoms with Crippen LogP contribution in [0.25, 0.3) is 0 Å². The smallest absolute Gasteiger partial charge is 0.150 e. The number of nitrogens with zero attached hydrogens (tertiary/aromatic N) is 3. The van der Waals surface area contributed by atoms with E-state index in [1.807, 2.05) is 11.6 Å². The molecule has 0 bridgehead atoms. The topological polar surface area (TPSA) is 67.3 Å². The molecule has 17 heavy (non-hydrogen) atoms. The standard InChI is InChI=1S/C12H22N4O/c1-4-16-12(11(13)9(3)14-16)15-6-5-8(2)10(17)7-15/h8,10,17H,4-7,13H2,1-3H3. The fourth-order valence-corrected chi connectivity index (χ4v) is 2.38. The number of aryl methyl sites for hydroxylation is 2. The summed E-state index contributed by atoms with van der Waals surface area (Å²) in [5.41, 5.74) is 7.70. The second kappa shape index (κ2) is 4.56. The van der Waals surface area contributed by atoms with E-state index in [9.17, 15) is 5.11 Å². The van der Waals surface area contributed by atoms with E-state index in [0.29, 0.717) is 12.5 Å². The van der Waals surface area contributed by atoms with Gasteiger partial charge in [-0.2, -0.15) is 5.10 Å². The minimum atomic E-state index is -0.274. The molecule has 96 valence electrons. The van der Waals surface area contributed by atoms with Crippen molar-refractivity contribution >= 4 is 11.5 Å². The number of aliphatic hydroxyl groups excluding tert-OH is 1. The lowest BCUT2D eigenvalue weighted by atomic mass is 9.96. The van der Waals surface area contributed by atoms with Gasteiger partial charge in [0.05, 0.1) is 17.5 Å². The van der Waals surface area contributed by atoms with E-state index in [0.717, 1.165) is 36.7 Å². The van der Waals surface area contributed by atoms with Crippen LogP contribution in [0.4, 0.5) is 11.5 Å². The van der Waals surface area contributed by atoms with Gasteiger partial charge in [0.2, 0.25) is 0 Å². The predicted molar refractivity (Wildman–Crippen MR) is 69.1 cm³/mol. The molecule has 1 aliphatic rings. The molecule has 2 unspecified atom stereocenters. The van der Waals surface area contributed by atoms with Crippen molar-refractivity contribution in [2.45, 2.75) is 39.8 Å². The fraction of sp³-hybridized carbons (Fsp3) is 0.750. The summed E-state index contributed by atoms with van der Waals surface area (Å²) >= 11 is 0. The van der Waals surface area contributed by atoms with Crippen molar-refractivity contribution in [1.82, 2.24) is 9.78 Å². The zero-order chi connectivity index (χ0) is 12.6. The average molecular weight is 238 g/mol. The quantitative estimate of drug-likeness (QED) is 0.806. The minimum Gasteiger partial charge on any atom is -0.394 e. The van der Waals surface area contributed by atoms with E-state index in [-0.39, 0.29) is 6.10 Å². The summed E-state index contributed by atoms with van der Waals surface area (Å²) in [6.07, 6.45) is 0.720. The van der Waals surface area contributed by atoms with Crippen LogP contribution in [0, 0.1) is 12.8 Å². The first kappa shape index (κ1) is 12.2. The number of nitrogen functional groups attached to an aromatic ring is 1. The number of rotatable bonds is 2. The molecular weight excluding hydrogens is 216 g/mol. The first-order chi connectivity index (χ1) is 8.04. The number of piperidine rings is 1. The molecule has 5 heteroatoms. The second-order valence-corrected chi connectivity index (χ2v) is 4.92. The van der Waals surface area contributed by atoms with Crippen LogP contribution in [0.3, 0.4) is 0 Å². The first-order valence-electron chi connectivity index (χ1n) is 6.30. The molecular formula is C12H22N4O. The minimum absolute atomic E-state index is 0.274. The van der Waals surface area contributed by atoms with Crippen molar-refractivity contribution in [1.29, 1.82) is 0 Å². The molecule has 2 atom stereocenters. The number of hydrogen-bond acceptors (Lipinski definition) is 4. The third kappa shape index (κ3) is 2.11. The SMILES string of the molecule is CCn1nc(C)c(N)c1N1CCC(C)C(O)C1. The summed E-state index contributed by atoms with van der Waals surface area (Å²) in [5, 5.41) is 14.4. The van der Waals surface area contributed by atoms with Gasteiger partial charge in [-0.25, -0.2) is 4.68 Å². The lowest BCUT2D eigenvalue weighted by Crippen LogP contribution is -2.44. The van der Waals surface area contributed by atoms with Gasteiger partial charge in [-0.15, -0.1) is 0 Å². The van der Waals surface area contributed by atoms with Gasteiger partial charge < -0.3 is 15.7 Å². The third-order valence-electron chi connectivity index (χ3n) is 3.66. The van der Waals surface area contributed by atoms with Crippen LogP contribution < -0.4 is 10.6 Å². The number of anilines is 2. The monoisotopic (exact) mass is 238 g/mol. The fourth-order valence-electron chi connectivity index (χ4n) is 2.38. The Morgan fingerprint density at radius 2 is 2.24 bits per heavy atom. The normalized spacial score (nSPS) is 25.3. The van der Waals surface area contributed by atoms with Crippen molar-refractivity contribution < 1.29 is 5.11 Å². The van der Waals surface area contributed by atoms with Crippen molar-refractivity contribution in [2.24, 2.45) is 5.92 Å². The zero-order valence-electron chi connectivity index (χ0n) is 10.8. The predicted octanol–water partition coefficient (Wildman–Crippen LogP) is 1.00. The molecule has 1 saturated heterocycles. The summed E-state index contributed by atoms with van der Waals surface area (Å²) in [7, 11) is 0. The van der Waals surface area contributed by atoms with Gasteiger partial charge in [0, 0.05) is 19.6 Å². The van der Waals surface area contributed by atoms with Gasteiger partial charge in [-0.3, -0.25) is 0 Å². The van der Waals surface area contributed by atoms with Crippen LogP contribution in [0.1, 0.15) is 26.0 Å². The highest BCUT2D eigenvalue weighted by molar-refractivity contribution is 5.66. The second-order valence-electron chi connectivity index (χ2n) is 4.92. The maximum absolute atomic E-state index is 9.96. The summed E-state index contributed by atoms with van der Waals surface area (Å²) < 4.78 is 1.92. The van der Waals surface area contributed by atoms with Gasteiger partial charge in [-0.1, -0.05) is 6.92 Å². The summed E-state index contributed by atoms with van der Waals surface area (Å²) in [6.45, 7) is 8.46. The number of nitrogens with two attached hydrogens (primary N) is 1. The lowest BCUT2D eigenvalue weighted by molar-refractivity contribution is 0.102. The van der Waals surface area contributed by atoms with Gasteiger partial charge in [-0.05, 0) is 26.2 Å². The Balaban J connectivity index is 2.28. The van der Waals surface area contributed by atoms with E-state index < -0.39 is 0 Å². The molecule has 2 heterocycles. The molecule has 1 aromatic rings. The Bertz CT molecular complexity index is 401. The maximum Gasteiger partial charge on any atom is 0.150 e. The van der Waals surface area contributed by atoms with Crippen LogP contribution in [0.15, 0.2) is 0 Å². The van der Waals surface area contributed by atoms with Crippen LogP contribution in [-0.2, 0) is 6.54 Å². The van der Waals surface area contributed by atoms with Crippen molar-refractivity contribution in [3.05, 3.63) is 5.69 Å². The molecule has 0 saturated carbocycles. The Hall–Kier alpha value is -1.23. The molecule has 0 spiro atoms. The van der Waals surface area contributed by atoms with E-state index >= 15 is 0 Å². The number of aliphatic hydroxyl groups is 1. The Kier molecular flexibility index (Phi) is 3.28. The molecule has 0 aliphatic carbocycles. The average Bonchev–Trinajstić information content (AvgIpc) is 2.59. The van der Waals surface area contributed by atoms with Gasteiger partial charge >= 0.3 is 0 Å². The Labute approximate surface area is 102 Å². The highest BCUT2D eigenvalue weighted by Crippen LogP contribution is 2.30. The molecule has 1 aromatic heterocycles. The zero-order valence-corrected chi connectivity index (χ0v) is 10.8. The summed E-state index contributed by atoms with van der Waals surface area (Å²) in [6, 6.07) is 0. The van der Waals surface area contributed by atoms with E-state index in [1.54, 1.807) is 0 Å². The molecule has 2 rings (SSSR count). The maximum atomic E-state index is 9.96. The largest absolute Gasteiger partial charge is 0.394 e. The van der Waals surface area contributed by atoms with Crippen LogP contribution in [0.2, 0.25) is 0 Å². The van der Waals surface area contributed by atoms with Crippen molar-refractivity contribution in [3.63, 3.8) is 0 Å². The Morgan fingerprint density at radius 3 is 2.82 bits per heavy atom. The molecule has 1 aliphatic heterocycles. The molecule has 0 aromatic carbocycles. The van der Waals surface area contributed by atoms with Crippen molar-refractivity contribution in [2.75, 3.05) is 23.7 Å². The molecule has 0 radical (unpaired) electrons. The van der Waals surface area contributed by atoms with E-state index in [4.69, 9.17) is 5.73 Å². The number of aromatic nitrogens is 2. The van der Waals surface area contributed by atoms with Crippen molar-refractivity contribution in [3.8, 4) is 0 Å². The lowest BCUT2D eigenvalue weighted by Gasteiger charge is -2.35. The van der Waals surface area contributed by atoms with E-state index in [2.05, 4.69) is 23.8 Å². The highest BCUT2D eigenvalue weighted by Gasteiger charge is 2.28. The first-order valence-corrected chi connectivity index (χ1v) is 6.30. The molecule has 3 N–H and O–H groups in total. The van der Waals surface area contributed by atoms with Gasteiger partial charge in [0.1, 0.15) is 0 Å². The summed E-state index contributed by atoms with van der Waals surface area (Å²) in [4.78, 5) is 2.16. The molecule has 5 nitrogen and oxygen atoms in total. The summed E-state index contributed by atoms with van der Waals surface area (Å²) in [5.74, 6) is 1.34. The molecule has 0 amide bonds.